The summed E-state index contributed by atoms with van der Waals surface area (Å²) in [6.45, 7) is 0. The zero-order valence-corrected chi connectivity index (χ0v) is 9.31. The van der Waals surface area contributed by atoms with Crippen molar-refractivity contribution >= 4 is 39.9 Å². The lowest BCUT2D eigenvalue weighted by Crippen LogP contribution is -2.02. The first kappa shape index (κ1) is 10.9. The zero-order chi connectivity index (χ0) is 10.0. The highest BCUT2D eigenvalue weighted by Gasteiger charge is 2.16. The topological polar surface area (TPSA) is 38.9 Å². The summed E-state index contributed by atoms with van der Waals surface area (Å²) in [5, 5.41) is 0. The number of alkyl halides is 3. The fraction of sp³-hybridized carbons (Fsp3) is 0.286. The number of aromatic nitrogens is 1. The van der Waals surface area contributed by atoms with Crippen LogP contribution in [0.4, 0.5) is 14.5 Å². The highest BCUT2D eigenvalue weighted by molar-refractivity contribution is 14.1. The van der Waals surface area contributed by atoms with Crippen LogP contribution < -0.4 is 5.73 Å². The first-order valence-corrected chi connectivity index (χ1v) is 4.96. The molecular weight excluding hydrogens is 312 g/mol. The van der Waals surface area contributed by atoms with Gasteiger partial charge >= 0.3 is 0 Å². The van der Waals surface area contributed by atoms with Crippen molar-refractivity contribution in [3.05, 3.63) is 21.0 Å². The summed E-state index contributed by atoms with van der Waals surface area (Å²) in [5.41, 5.74) is 5.86. The summed E-state index contributed by atoms with van der Waals surface area (Å²) < 4.78 is 25.0. The molecule has 0 saturated heterocycles. The van der Waals surface area contributed by atoms with E-state index in [2.05, 4.69) is 4.98 Å². The zero-order valence-electron chi connectivity index (χ0n) is 6.40. The second-order valence-corrected chi connectivity index (χ2v) is 3.68. The van der Waals surface area contributed by atoms with Gasteiger partial charge in [-0.15, -0.1) is 11.6 Å². The van der Waals surface area contributed by atoms with Crippen molar-refractivity contribution in [2.45, 2.75) is 12.3 Å². The first-order valence-electron chi connectivity index (χ1n) is 3.35. The van der Waals surface area contributed by atoms with Gasteiger partial charge in [-0.25, -0.2) is 13.8 Å². The van der Waals surface area contributed by atoms with Crippen LogP contribution in [-0.2, 0) is 5.88 Å². The van der Waals surface area contributed by atoms with Crippen LogP contribution in [0.15, 0.2) is 6.07 Å². The van der Waals surface area contributed by atoms with E-state index in [1.165, 1.54) is 6.07 Å². The molecule has 0 fully saturated rings. The van der Waals surface area contributed by atoms with E-state index in [0.717, 1.165) is 0 Å². The molecular formula is C7H6ClF2IN2. The predicted molar refractivity (Wildman–Crippen MR) is 55.9 cm³/mol. The molecule has 0 saturated carbocycles. The number of hydrogen-bond acceptors (Lipinski definition) is 2. The predicted octanol–water partition coefficient (Wildman–Crippen LogP) is 2.94. The summed E-state index contributed by atoms with van der Waals surface area (Å²) in [6, 6.07) is 1.50. The Morgan fingerprint density at radius 1 is 1.62 bits per heavy atom. The number of halogens is 4. The molecule has 6 heteroatoms. The quantitative estimate of drug-likeness (QED) is 0.672. The largest absolute Gasteiger partial charge is 0.398 e. The van der Waals surface area contributed by atoms with Gasteiger partial charge in [0.2, 0.25) is 0 Å². The van der Waals surface area contributed by atoms with Crippen LogP contribution in [-0.4, -0.2) is 4.98 Å². The van der Waals surface area contributed by atoms with Crippen LogP contribution in [0.1, 0.15) is 17.8 Å². The van der Waals surface area contributed by atoms with Crippen molar-refractivity contribution in [3.8, 4) is 0 Å². The molecule has 1 aromatic rings. The van der Waals surface area contributed by atoms with E-state index in [1.54, 1.807) is 22.6 Å². The van der Waals surface area contributed by atoms with E-state index in [-0.39, 0.29) is 11.6 Å². The minimum atomic E-state index is -2.61. The number of hydrogen-bond donors (Lipinski definition) is 1. The van der Waals surface area contributed by atoms with Crippen molar-refractivity contribution in [2.75, 3.05) is 5.73 Å². The maximum absolute atomic E-state index is 12.4. The van der Waals surface area contributed by atoms with Crippen molar-refractivity contribution in [1.29, 1.82) is 0 Å². The normalized spacial score (nSPS) is 10.8. The molecule has 0 atom stereocenters. The molecule has 0 aliphatic carbocycles. The molecule has 0 aliphatic heterocycles. The minimum absolute atomic E-state index is 0.0842. The average Bonchev–Trinajstić information content (AvgIpc) is 2.09. The van der Waals surface area contributed by atoms with Crippen LogP contribution in [0, 0.1) is 3.57 Å². The van der Waals surface area contributed by atoms with E-state index in [0.29, 0.717) is 15.0 Å². The monoisotopic (exact) mass is 318 g/mol. The summed E-state index contributed by atoms with van der Waals surface area (Å²) in [7, 11) is 0. The molecule has 0 aromatic carbocycles. The van der Waals surface area contributed by atoms with E-state index >= 15 is 0 Å². The number of anilines is 1. The molecule has 1 aromatic heterocycles. The lowest BCUT2D eigenvalue weighted by Gasteiger charge is -2.07. The van der Waals surface area contributed by atoms with Crippen LogP contribution in [0.2, 0.25) is 0 Å². The molecule has 0 bridgehead atoms. The molecule has 1 heterocycles. The van der Waals surface area contributed by atoms with Crippen LogP contribution >= 0.6 is 34.2 Å². The van der Waals surface area contributed by atoms with E-state index in [4.69, 9.17) is 17.3 Å². The maximum atomic E-state index is 12.4. The smallest absolute Gasteiger partial charge is 0.281 e. The second kappa shape index (κ2) is 4.36. The highest BCUT2D eigenvalue weighted by Crippen LogP contribution is 2.27. The summed E-state index contributed by atoms with van der Waals surface area (Å²) in [5.74, 6) is 0.0842. The van der Waals surface area contributed by atoms with E-state index in [1.807, 2.05) is 0 Å². The molecule has 2 nitrogen and oxygen atoms in total. The fourth-order valence-corrected chi connectivity index (χ4v) is 1.49. The second-order valence-electron chi connectivity index (χ2n) is 2.34. The third kappa shape index (κ3) is 2.40. The van der Waals surface area contributed by atoms with Crippen molar-refractivity contribution < 1.29 is 8.78 Å². The first-order chi connectivity index (χ1) is 6.06. The van der Waals surface area contributed by atoms with Crippen LogP contribution in [0.3, 0.4) is 0 Å². The molecule has 0 unspecified atom stereocenters. The SMILES string of the molecule is Nc1cc(CCl)nc(C(F)F)c1I. The number of nitrogens with two attached hydrogens (primary N) is 1. The number of rotatable bonds is 2. The summed E-state index contributed by atoms with van der Waals surface area (Å²) in [4.78, 5) is 3.68. The number of nitrogens with zero attached hydrogens (tertiary/aromatic N) is 1. The molecule has 0 radical (unpaired) electrons. The van der Waals surface area contributed by atoms with Crippen molar-refractivity contribution in [3.63, 3.8) is 0 Å². The van der Waals surface area contributed by atoms with Gasteiger partial charge in [0.25, 0.3) is 6.43 Å². The Bertz CT molecular complexity index is 320. The third-order valence-corrected chi connectivity index (χ3v) is 2.86. The lowest BCUT2D eigenvalue weighted by molar-refractivity contribution is 0.145. The van der Waals surface area contributed by atoms with E-state index in [9.17, 15) is 8.78 Å². The van der Waals surface area contributed by atoms with Crippen LogP contribution in [0.25, 0.3) is 0 Å². The molecule has 72 valence electrons. The van der Waals surface area contributed by atoms with Gasteiger partial charge in [-0.3, -0.25) is 0 Å². The molecule has 0 aliphatic rings. The van der Waals surface area contributed by atoms with Gasteiger partial charge in [0, 0.05) is 5.69 Å². The van der Waals surface area contributed by atoms with Gasteiger partial charge in [-0.05, 0) is 28.7 Å². The maximum Gasteiger partial charge on any atom is 0.281 e. The fourth-order valence-electron chi connectivity index (χ4n) is 0.840. The van der Waals surface area contributed by atoms with Crippen LogP contribution in [0.5, 0.6) is 0 Å². The molecule has 1 rings (SSSR count). The Hall–Kier alpha value is -0.170. The van der Waals surface area contributed by atoms with E-state index < -0.39 is 6.43 Å². The Morgan fingerprint density at radius 2 is 2.23 bits per heavy atom. The summed E-state index contributed by atoms with van der Waals surface area (Å²) >= 11 is 7.21. The number of pyridine rings is 1. The Morgan fingerprint density at radius 3 is 2.69 bits per heavy atom. The Labute approximate surface area is 92.6 Å². The summed E-state index contributed by atoms with van der Waals surface area (Å²) in [6.07, 6.45) is -2.61. The molecule has 0 amide bonds. The number of nitrogen functional groups attached to an aromatic ring is 1. The van der Waals surface area contributed by atoms with Gasteiger partial charge < -0.3 is 5.73 Å². The third-order valence-electron chi connectivity index (χ3n) is 1.41. The van der Waals surface area contributed by atoms with Gasteiger partial charge in [-0.2, -0.15) is 0 Å². The van der Waals surface area contributed by atoms with Crippen molar-refractivity contribution in [1.82, 2.24) is 4.98 Å². The van der Waals surface area contributed by atoms with Gasteiger partial charge in [0.1, 0.15) is 5.69 Å². The Balaban J connectivity index is 3.25. The standard InChI is InChI=1S/C7H6ClF2IN2/c8-2-3-1-4(12)5(11)6(13-3)7(9)10/h1,7H,2H2,(H2,12,13). The van der Waals surface area contributed by atoms with Gasteiger partial charge in [0.15, 0.2) is 0 Å². The molecule has 13 heavy (non-hydrogen) atoms. The Kier molecular flexibility index (Phi) is 3.66. The molecule has 0 spiro atoms. The lowest BCUT2D eigenvalue weighted by atomic mass is 10.3. The molecule has 2 N–H and O–H groups in total. The van der Waals surface area contributed by atoms with Gasteiger partial charge in [0.05, 0.1) is 15.1 Å². The minimum Gasteiger partial charge on any atom is -0.398 e. The average molecular weight is 318 g/mol. The van der Waals surface area contributed by atoms with Crippen molar-refractivity contribution in [2.24, 2.45) is 0 Å². The highest BCUT2D eigenvalue weighted by atomic mass is 127. The van der Waals surface area contributed by atoms with Gasteiger partial charge in [-0.1, -0.05) is 0 Å².